The molecule has 8 heteroatoms. The third kappa shape index (κ3) is 37.8. The minimum Gasteiger partial charge on any atom is -0.477 e. The Balaban J connectivity index is 4.47. The van der Waals surface area contributed by atoms with Crippen molar-refractivity contribution in [2.24, 2.45) is 0 Å². The average molecular weight is 797 g/mol. The van der Waals surface area contributed by atoms with Crippen molar-refractivity contribution in [1.29, 1.82) is 0 Å². The monoisotopic (exact) mass is 797 g/mol. The lowest BCUT2D eigenvalue weighted by atomic mass is 10.1. The van der Waals surface area contributed by atoms with Gasteiger partial charge in [-0.25, -0.2) is 4.79 Å². The molecular weight excluding hydrogens is 715 g/mol. The van der Waals surface area contributed by atoms with E-state index >= 15 is 0 Å². The molecule has 57 heavy (non-hydrogen) atoms. The van der Waals surface area contributed by atoms with Crippen LogP contribution in [0.1, 0.15) is 155 Å². The third-order valence-electron chi connectivity index (χ3n) is 9.28. The number of carboxylic acid groups (broad SMARTS) is 1. The fourth-order valence-corrected chi connectivity index (χ4v) is 5.86. The van der Waals surface area contributed by atoms with Crippen LogP contribution in [0.3, 0.4) is 0 Å². The predicted molar refractivity (Wildman–Crippen MR) is 238 cm³/mol. The Hall–Kier alpha value is -3.49. The Morgan fingerprint density at radius 1 is 0.544 bits per heavy atom. The Labute approximate surface area is 348 Å². The van der Waals surface area contributed by atoms with Crippen molar-refractivity contribution in [2.45, 2.75) is 167 Å². The molecule has 0 spiro atoms. The molecule has 0 bridgehead atoms. The molecule has 2 atom stereocenters. The van der Waals surface area contributed by atoms with Gasteiger partial charge in [0.25, 0.3) is 0 Å². The Bertz CT molecular complexity index is 1200. The van der Waals surface area contributed by atoms with Crippen LogP contribution in [0.4, 0.5) is 0 Å². The number of carbonyl (C=O) groups is 3. The zero-order chi connectivity index (χ0) is 42.1. The van der Waals surface area contributed by atoms with Crippen LogP contribution in [0.25, 0.3) is 0 Å². The molecule has 0 aliphatic rings. The molecule has 0 aromatic carbocycles. The number of allylic oxidation sites excluding steroid dienone is 14. The first-order chi connectivity index (χ1) is 27.6. The van der Waals surface area contributed by atoms with Gasteiger partial charge in [-0.2, -0.15) is 0 Å². The summed E-state index contributed by atoms with van der Waals surface area (Å²) in [5, 5.41) is 9.61. The van der Waals surface area contributed by atoms with Crippen molar-refractivity contribution in [3.8, 4) is 0 Å². The number of hydrogen-bond acceptors (Lipinski definition) is 6. The molecule has 0 heterocycles. The van der Waals surface area contributed by atoms with Crippen LogP contribution in [-0.2, 0) is 28.6 Å². The molecule has 0 radical (unpaired) electrons. The van der Waals surface area contributed by atoms with E-state index in [1.54, 1.807) is 0 Å². The van der Waals surface area contributed by atoms with E-state index in [2.05, 4.69) is 98.9 Å². The number of carbonyl (C=O) groups excluding carboxylic acids is 2. The van der Waals surface area contributed by atoms with E-state index < -0.39 is 18.1 Å². The standard InChI is InChI=1S/C49H81NO7/c1-6-8-10-12-14-16-18-20-21-22-23-24-25-26-28-29-31-33-35-37-39-47(51)56-44-45(43-55-42-41-46(49(53)54)50(3,4)5)57-48(52)40-38-36-34-32-30-27-19-17-15-13-11-9-7-2/h8,10,14,16,20-21,23-24,26-28,30-31,33,45-46H,6-7,9,11-13,15,17-19,22,25,29,32,34-44H2,1-5H3/p+1/b10-8+,16-14+,21-20+,24-23+,28-26+,30-27+,33-31+. The number of nitrogens with zero attached hydrogens (tertiary/aromatic N) is 1. The van der Waals surface area contributed by atoms with Crippen LogP contribution in [-0.4, -0.2) is 80.6 Å². The number of ether oxygens (including phenoxy) is 3. The van der Waals surface area contributed by atoms with Gasteiger partial charge in [0, 0.05) is 19.3 Å². The molecule has 0 rings (SSSR count). The highest BCUT2D eigenvalue weighted by molar-refractivity contribution is 5.72. The van der Waals surface area contributed by atoms with E-state index in [1.807, 2.05) is 21.1 Å². The molecule has 0 fully saturated rings. The summed E-state index contributed by atoms with van der Waals surface area (Å²) in [6, 6.07) is -0.629. The lowest BCUT2D eigenvalue weighted by Gasteiger charge is -2.31. The summed E-state index contributed by atoms with van der Waals surface area (Å²) in [6.07, 6.45) is 50.6. The van der Waals surface area contributed by atoms with Crippen LogP contribution < -0.4 is 0 Å². The summed E-state index contributed by atoms with van der Waals surface area (Å²) in [5.74, 6) is -1.58. The number of quaternary nitrogens is 1. The van der Waals surface area contributed by atoms with Crippen molar-refractivity contribution in [3.63, 3.8) is 0 Å². The van der Waals surface area contributed by atoms with Gasteiger partial charge in [0.1, 0.15) is 6.61 Å². The highest BCUT2D eigenvalue weighted by Gasteiger charge is 2.31. The molecule has 0 aromatic rings. The topological polar surface area (TPSA) is 99.1 Å². The van der Waals surface area contributed by atoms with Gasteiger partial charge in [-0.1, -0.05) is 137 Å². The van der Waals surface area contributed by atoms with Crippen molar-refractivity contribution >= 4 is 17.9 Å². The van der Waals surface area contributed by atoms with Gasteiger partial charge < -0.3 is 23.8 Å². The zero-order valence-electron chi connectivity index (χ0n) is 36.8. The number of hydrogen-bond donors (Lipinski definition) is 1. The second-order valence-electron chi connectivity index (χ2n) is 15.6. The first-order valence-electron chi connectivity index (χ1n) is 22.1. The van der Waals surface area contributed by atoms with Gasteiger partial charge in [0.15, 0.2) is 12.1 Å². The van der Waals surface area contributed by atoms with Crippen LogP contribution in [0.15, 0.2) is 85.1 Å². The molecule has 0 aliphatic heterocycles. The third-order valence-corrected chi connectivity index (χ3v) is 9.28. The summed E-state index contributed by atoms with van der Waals surface area (Å²) in [6.45, 7) is 4.52. The summed E-state index contributed by atoms with van der Waals surface area (Å²) in [4.78, 5) is 36.9. The minimum absolute atomic E-state index is 0.0322. The van der Waals surface area contributed by atoms with Gasteiger partial charge >= 0.3 is 17.9 Å². The summed E-state index contributed by atoms with van der Waals surface area (Å²) >= 11 is 0. The molecule has 0 aliphatic carbocycles. The van der Waals surface area contributed by atoms with E-state index in [1.165, 1.54) is 38.5 Å². The fourth-order valence-electron chi connectivity index (χ4n) is 5.86. The average Bonchev–Trinajstić information content (AvgIpc) is 3.17. The van der Waals surface area contributed by atoms with Crippen LogP contribution in [0, 0.1) is 0 Å². The highest BCUT2D eigenvalue weighted by atomic mass is 16.6. The SMILES string of the molecule is CC/C=C/C/C=C/C/C=C/C/C=C/C/C=C/C/C=C/CCCC(=O)OCC(COCCC(C(=O)O)[N+](C)(C)C)OC(=O)CCCCC/C=C/CCCCCCCC. The second-order valence-corrected chi connectivity index (χ2v) is 15.6. The molecule has 0 saturated heterocycles. The molecule has 0 saturated carbocycles. The number of likely N-dealkylation sites (N-methyl/N-ethyl adjacent to an activating group) is 1. The van der Waals surface area contributed by atoms with Gasteiger partial charge in [0.2, 0.25) is 0 Å². The number of esters is 2. The normalized spacial score (nSPS) is 13.8. The van der Waals surface area contributed by atoms with E-state index in [0.29, 0.717) is 19.3 Å². The predicted octanol–water partition coefficient (Wildman–Crippen LogP) is 12.1. The van der Waals surface area contributed by atoms with E-state index in [9.17, 15) is 19.5 Å². The van der Waals surface area contributed by atoms with Gasteiger partial charge in [-0.05, 0) is 83.5 Å². The first kappa shape index (κ1) is 53.5. The maximum absolute atomic E-state index is 12.7. The molecular formula is C49H82NO7+. The molecule has 8 nitrogen and oxygen atoms in total. The molecule has 324 valence electrons. The fraction of sp³-hybridized carbons (Fsp3) is 0.653. The Morgan fingerprint density at radius 3 is 1.53 bits per heavy atom. The van der Waals surface area contributed by atoms with Crippen molar-refractivity contribution in [2.75, 3.05) is 41.0 Å². The van der Waals surface area contributed by atoms with Crippen molar-refractivity contribution in [3.05, 3.63) is 85.1 Å². The second kappa shape index (κ2) is 39.3. The lowest BCUT2D eigenvalue weighted by Crippen LogP contribution is -2.50. The van der Waals surface area contributed by atoms with Gasteiger partial charge in [-0.3, -0.25) is 9.59 Å². The first-order valence-corrected chi connectivity index (χ1v) is 22.1. The summed E-state index contributed by atoms with van der Waals surface area (Å²) in [5.41, 5.74) is 0. The van der Waals surface area contributed by atoms with Crippen molar-refractivity contribution in [1.82, 2.24) is 0 Å². The Morgan fingerprint density at radius 2 is 1.00 bits per heavy atom. The molecule has 1 N–H and O–H groups in total. The van der Waals surface area contributed by atoms with Gasteiger partial charge in [-0.15, -0.1) is 0 Å². The maximum Gasteiger partial charge on any atom is 0.362 e. The highest BCUT2D eigenvalue weighted by Crippen LogP contribution is 2.12. The largest absolute Gasteiger partial charge is 0.477 e. The zero-order valence-corrected chi connectivity index (χ0v) is 36.8. The van der Waals surface area contributed by atoms with Crippen molar-refractivity contribution < 1.29 is 38.2 Å². The summed E-state index contributed by atoms with van der Waals surface area (Å²) < 4.78 is 17.2. The Kier molecular flexibility index (Phi) is 36.9. The van der Waals surface area contributed by atoms with E-state index in [4.69, 9.17) is 14.2 Å². The maximum atomic E-state index is 12.7. The van der Waals surface area contributed by atoms with Gasteiger partial charge in [0.05, 0.1) is 34.4 Å². The number of rotatable bonds is 38. The number of aliphatic carboxylic acids is 1. The molecule has 0 amide bonds. The number of carboxylic acids is 1. The molecule has 2 unspecified atom stereocenters. The smallest absolute Gasteiger partial charge is 0.362 e. The van der Waals surface area contributed by atoms with E-state index in [0.717, 1.165) is 77.0 Å². The summed E-state index contributed by atoms with van der Waals surface area (Å²) in [7, 11) is 5.49. The van der Waals surface area contributed by atoms with Crippen LogP contribution in [0.5, 0.6) is 0 Å². The number of unbranched alkanes of at least 4 members (excludes halogenated alkanes) is 10. The van der Waals surface area contributed by atoms with Crippen LogP contribution >= 0.6 is 0 Å². The molecule has 0 aromatic heterocycles. The quantitative estimate of drug-likeness (QED) is 0.0287. The lowest BCUT2D eigenvalue weighted by molar-refractivity contribution is -0.887. The van der Waals surface area contributed by atoms with E-state index in [-0.39, 0.29) is 42.7 Å². The minimum atomic E-state index is -0.889. The van der Waals surface area contributed by atoms with Crippen LogP contribution in [0.2, 0.25) is 0 Å².